The van der Waals surface area contributed by atoms with E-state index in [4.69, 9.17) is 9.47 Å². The van der Waals surface area contributed by atoms with Crippen LogP contribution in [0, 0.1) is 17.0 Å². The van der Waals surface area contributed by atoms with Crippen molar-refractivity contribution in [2.45, 2.75) is 52.7 Å². The molecular formula is C15H21NO5. The van der Waals surface area contributed by atoms with Gasteiger partial charge in [0, 0.05) is 5.56 Å². The quantitative estimate of drug-likeness (QED) is 0.483. The molecule has 21 heavy (non-hydrogen) atoms. The van der Waals surface area contributed by atoms with E-state index in [1.54, 1.807) is 53.7 Å². The van der Waals surface area contributed by atoms with Crippen molar-refractivity contribution < 1.29 is 19.2 Å². The maximum atomic E-state index is 12.1. The van der Waals surface area contributed by atoms with Crippen LogP contribution in [-0.2, 0) is 9.53 Å². The number of carbonyl (C=O) groups is 1. The second-order valence-corrected chi connectivity index (χ2v) is 6.32. The molecule has 6 heteroatoms. The lowest BCUT2D eigenvalue weighted by Gasteiger charge is -2.29. The highest BCUT2D eigenvalue weighted by Crippen LogP contribution is 2.27. The van der Waals surface area contributed by atoms with Crippen molar-refractivity contribution in [2.24, 2.45) is 0 Å². The SMILES string of the molecule is Cc1ccc(OC(C)(C)C(=O)OC(C)(C)C)cc1[N+](=O)[O-]. The van der Waals surface area contributed by atoms with E-state index >= 15 is 0 Å². The number of ether oxygens (including phenoxy) is 2. The van der Waals surface area contributed by atoms with E-state index in [0.717, 1.165) is 0 Å². The van der Waals surface area contributed by atoms with Gasteiger partial charge in [-0.1, -0.05) is 0 Å². The third kappa shape index (κ3) is 4.73. The third-order valence-electron chi connectivity index (χ3n) is 2.64. The van der Waals surface area contributed by atoms with Crippen molar-refractivity contribution in [3.63, 3.8) is 0 Å². The van der Waals surface area contributed by atoms with Gasteiger partial charge in [-0.25, -0.2) is 4.79 Å². The number of hydrogen-bond donors (Lipinski definition) is 0. The fraction of sp³-hybridized carbons (Fsp3) is 0.533. The van der Waals surface area contributed by atoms with Gasteiger partial charge in [0.1, 0.15) is 11.4 Å². The lowest BCUT2D eigenvalue weighted by Crippen LogP contribution is -2.43. The standard InChI is InChI=1S/C15H21NO5/c1-10-7-8-11(9-12(10)16(18)19)20-15(5,6)13(17)21-14(2,3)4/h7-9H,1-6H3. The molecule has 1 aromatic carbocycles. The molecule has 1 rings (SSSR count). The molecule has 0 aromatic heterocycles. The number of esters is 1. The van der Waals surface area contributed by atoms with Crippen LogP contribution in [0.25, 0.3) is 0 Å². The first-order valence-electron chi connectivity index (χ1n) is 6.60. The number of aryl methyl sites for hydroxylation is 1. The molecule has 0 bridgehead atoms. The molecule has 116 valence electrons. The molecule has 0 amide bonds. The Morgan fingerprint density at radius 3 is 2.24 bits per heavy atom. The molecule has 0 fully saturated rings. The van der Waals surface area contributed by atoms with Gasteiger partial charge in [0.2, 0.25) is 0 Å². The van der Waals surface area contributed by atoms with Crippen LogP contribution < -0.4 is 4.74 Å². The van der Waals surface area contributed by atoms with E-state index in [1.807, 2.05) is 0 Å². The summed E-state index contributed by atoms with van der Waals surface area (Å²) >= 11 is 0. The first-order valence-corrected chi connectivity index (χ1v) is 6.60. The molecule has 0 heterocycles. The average Bonchev–Trinajstić information content (AvgIpc) is 2.28. The molecule has 0 aliphatic heterocycles. The zero-order valence-electron chi connectivity index (χ0n) is 13.2. The van der Waals surface area contributed by atoms with Crippen molar-refractivity contribution >= 4 is 11.7 Å². The largest absolute Gasteiger partial charge is 0.476 e. The van der Waals surface area contributed by atoms with Gasteiger partial charge in [0.05, 0.1) is 11.0 Å². The van der Waals surface area contributed by atoms with E-state index in [-0.39, 0.29) is 11.4 Å². The van der Waals surface area contributed by atoms with Gasteiger partial charge in [-0.15, -0.1) is 0 Å². The van der Waals surface area contributed by atoms with E-state index in [2.05, 4.69) is 0 Å². The second-order valence-electron chi connectivity index (χ2n) is 6.32. The number of rotatable bonds is 4. The molecule has 0 N–H and O–H groups in total. The summed E-state index contributed by atoms with van der Waals surface area (Å²) in [5.41, 5.74) is -1.39. The Hall–Kier alpha value is -2.11. The maximum Gasteiger partial charge on any atom is 0.350 e. The summed E-state index contributed by atoms with van der Waals surface area (Å²) in [5.74, 6) is -0.276. The van der Waals surface area contributed by atoms with Crippen LogP contribution in [0.4, 0.5) is 5.69 Å². The Kier molecular flexibility index (Phi) is 4.61. The predicted octanol–water partition coefficient (Wildman–Crippen LogP) is 3.40. The Labute approximate surface area is 124 Å². The smallest absolute Gasteiger partial charge is 0.350 e. The molecule has 0 saturated carbocycles. The lowest BCUT2D eigenvalue weighted by atomic mass is 10.1. The summed E-state index contributed by atoms with van der Waals surface area (Å²) < 4.78 is 10.9. The summed E-state index contributed by atoms with van der Waals surface area (Å²) in [6, 6.07) is 4.48. The average molecular weight is 295 g/mol. The van der Waals surface area contributed by atoms with Crippen LogP contribution in [0.3, 0.4) is 0 Å². The Bertz CT molecular complexity index is 558. The van der Waals surface area contributed by atoms with E-state index in [1.165, 1.54) is 6.07 Å². The molecule has 0 aliphatic rings. The highest BCUT2D eigenvalue weighted by atomic mass is 16.6. The zero-order chi connectivity index (χ0) is 16.4. The lowest BCUT2D eigenvalue weighted by molar-refractivity contribution is -0.385. The van der Waals surface area contributed by atoms with Crippen LogP contribution >= 0.6 is 0 Å². The highest BCUT2D eigenvalue weighted by molar-refractivity contribution is 5.79. The second kappa shape index (κ2) is 5.71. The van der Waals surface area contributed by atoms with E-state index in [9.17, 15) is 14.9 Å². The summed E-state index contributed by atoms with van der Waals surface area (Å²) in [6.45, 7) is 10.0. The van der Waals surface area contributed by atoms with Crippen LogP contribution in [0.5, 0.6) is 5.75 Å². The van der Waals surface area contributed by atoms with Crippen molar-refractivity contribution in [1.82, 2.24) is 0 Å². The number of benzene rings is 1. The summed E-state index contributed by atoms with van der Waals surface area (Å²) in [4.78, 5) is 22.5. The minimum Gasteiger partial charge on any atom is -0.476 e. The van der Waals surface area contributed by atoms with Crippen molar-refractivity contribution in [3.8, 4) is 5.75 Å². The van der Waals surface area contributed by atoms with E-state index in [0.29, 0.717) is 5.56 Å². The van der Waals surface area contributed by atoms with Crippen LogP contribution in [0.15, 0.2) is 18.2 Å². The van der Waals surface area contributed by atoms with Crippen molar-refractivity contribution in [1.29, 1.82) is 0 Å². The number of nitro groups is 1. The zero-order valence-corrected chi connectivity index (χ0v) is 13.2. The monoisotopic (exact) mass is 295 g/mol. The molecule has 0 unspecified atom stereocenters. The topological polar surface area (TPSA) is 78.7 Å². The number of carbonyl (C=O) groups excluding carboxylic acids is 1. The Balaban J connectivity index is 2.96. The molecular weight excluding hydrogens is 274 g/mol. The van der Waals surface area contributed by atoms with Gasteiger partial charge in [-0.2, -0.15) is 0 Å². The Morgan fingerprint density at radius 1 is 1.19 bits per heavy atom. The predicted molar refractivity (Wildman–Crippen MR) is 78.4 cm³/mol. The third-order valence-corrected chi connectivity index (χ3v) is 2.64. The normalized spacial score (nSPS) is 11.9. The first kappa shape index (κ1) is 16.9. The van der Waals surface area contributed by atoms with Gasteiger partial charge >= 0.3 is 5.97 Å². The van der Waals surface area contributed by atoms with Crippen LogP contribution in [-0.4, -0.2) is 22.1 Å². The van der Waals surface area contributed by atoms with Gasteiger partial charge < -0.3 is 9.47 Å². The molecule has 0 radical (unpaired) electrons. The van der Waals surface area contributed by atoms with Gasteiger partial charge in [0.15, 0.2) is 5.60 Å². The molecule has 0 atom stereocenters. The fourth-order valence-electron chi connectivity index (χ4n) is 1.59. The van der Waals surface area contributed by atoms with Crippen molar-refractivity contribution in [2.75, 3.05) is 0 Å². The molecule has 0 saturated heterocycles. The molecule has 0 aliphatic carbocycles. The minimum atomic E-state index is -1.24. The van der Waals surface area contributed by atoms with E-state index < -0.39 is 22.1 Å². The molecule has 0 spiro atoms. The number of hydrogen-bond acceptors (Lipinski definition) is 5. The number of nitrogens with zero attached hydrogens (tertiary/aromatic N) is 1. The van der Waals surface area contributed by atoms with Crippen molar-refractivity contribution in [3.05, 3.63) is 33.9 Å². The number of nitro benzene ring substituents is 1. The summed E-state index contributed by atoms with van der Waals surface area (Å²) in [7, 11) is 0. The first-order chi connectivity index (χ1) is 9.42. The van der Waals surface area contributed by atoms with Crippen LogP contribution in [0.2, 0.25) is 0 Å². The Morgan fingerprint density at radius 2 is 1.76 bits per heavy atom. The summed E-state index contributed by atoms with van der Waals surface area (Å²) in [5, 5.41) is 10.9. The minimum absolute atomic E-state index is 0.0486. The maximum absolute atomic E-state index is 12.1. The molecule has 1 aromatic rings. The van der Waals surface area contributed by atoms with Gasteiger partial charge in [-0.3, -0.25) is 10.1 Å². The van der Waals surface area contributed by atoms with Gasteiger partial charge in [0.25, 0.3) is 5.69 Å². The van der Waals surface area contributed by atoms with Gasteiger partial charge in [-0.05, 0) is 53.7 Å². The highest BCUT2D eigenvalue weighted by Gasteiger charge is 2.35. The summed E-state index contributed by atoms with van der Waals surface area (Å²) in [6.07, 6.45) is 0. The molecule has 6 nitrogen and oxygen atoms in total. The van der Waals surface area contributed by atoms with Crippen LogP contribution in [0.1, 0.15) is 40.2 Å². The fourth-order valence-corrected chi connectivity index (χ4v) is 1.59.